The quantitative estimate of drug-likeness (QED) is 0.778. The summed E-state index contributed by atoms with van der Waals surface area (Å²) in [5.74, 6) is -0.852. The summed E-state index contributed by atoms with van der Waals surface area (Å²) >= 11 is 0. The van der Waals surface area contributed by atoms with Crippen LogP contribution in [0.5, 0.6) is 0 Å². The number of carboxylic acids is 1. The molecular formula is C12H14O2. The van der Waals surface area contributed by atoms with E-state index < -0.39 is 5.97 Å². The van der Waals surface area contributed by atoms with Gasteiger partial charge in [-0.15, -0.1) is 0 Å². The largest absolute Gasteiger partial charge is 0.478 e. The molecule has 0 radical (unpaired) electrons. The molecule has 1 fully saturated rings. The third kappa shape index (κ3) is 1.41. The zero-order chi connectivity index (χ0) is 10.2. The van der Waals surface area contributed by atoms with E-state index in [1.807, 2.05) is 12.1 Å². The number of carboxylic acid groups (broad SMARTS) is 1. The fourth-order valence-corrected chi connectivity index (χ4v) is 2.01. The summed E-state index contributed by atoms with van der Waals surface area (Å²) in [5.41, 5.74) is 1.95. The molecule has 1 aliphatic carbocycles. The second-order valence-electron chi connectivity index (χ2n) is 4.30. The van der Waals surface area contributed by atoms with E-state index in [-0.39, 0.29) is 0 Å². The zero-order valence-electron chi connectivity index (χ0n) is 8.29. The standard InChI is InChI=1S/C12H14O2/c1-12(7-2-8-12)10-5-3-9(4-6-10)11(13)14/h3-6H,2,7-8H2,1H3,(H,13,14). The van der Waals surface area contributed by atoms with Gasteiger partial charge in [-0.2, -0.15) is 0 Å². The summed E-state index contributed by atoms with van der Waals surface area (Å²) in [6.07, 6.45) is 3.73. The molecule has 0 aliphatic heterocycles. The van der Waals surface area contributed by atoms with Crippen molar-refractivity contribution in [2.75, 3.05) is 0 Å². The van der Waals surface area contributed by atoms with E-state index in [1.54, 1.807) is 12.1 Å². The molecule has 2 heteroatoms. The van der Waals surface area contributed by atoms with Gasteiger partial charge in [0, 0.05) is 0 Å². The van der Waals surface area contributed by atoms with Gasteiger partial charge in [0.05, 0.1) is 5.56 Å². The minimum atomic E-state index is -0.852. The lowest BCUT2D eigenvalue weighted by Crippen LogP contribution is -2.30. The van der Waals surface area contributed by atoms with Gasteiger partial charge in [0.15, 0.2) is 0 Å². The number of aromatic carboxylic acids is 1. The van der Waals surface area contributed by atoms with Gasteiger partial charge in [-0.05, 0) is 36.0 Å². The number of hydrogen-bond donors (Lipinski definition) is 1. The topological polar surface area (TPSA) is 37.3 Å². The molecule has 1 aromatic rings. The Morgan fingerprint density at radius 3 is 2.21 bits per heavy atom. The summed E-state index contributed by atoms with van der Waals surface area (Å²) in [6.45, 7) is 2.24. The maximum absolute atomic E-state index is 10.6. The Balaban J connectivity index is 2.25. The lowest BCUT2D eigenvalue weighted by molar-refractivity contribution is 0.0697. The Bertz CT molecular complexity index is 347. The lowest BCUT2D eigenvalue weighted by Gasteiger charge is -2.39. The Kier molecular flexibility index (Phi) is 2.06. The van der Waals surface area contributed by atoms with E-state index in [9.17, 15) is 4.79 Å². The van der Waals surface area contributed by atoms with E-state index in [0.29, 0.717) is 11.0 Å². The highest BCUT2D eigenvalue weighted by molar-refractivity contribution is 5.87. The Labute approximate surface area is 83.6 Å². The van der Waals surface area contributed by atoms with Crippen molar-refractivity contribution in [2.45, 2.75) is 31.6 Å². The molecule has 1 saturated carbocycles. The van der Waals surface area contributed by atoms with Crippen molar-refractivity contribution >= 4 is 5.97 Å². The maximum Gasteiger partial charge on any atom is 0.335 e. The molecule has 0 heterocycles. The highest BCUT2D eigenvalue weighted by Gasteiger charge is 2.33. The molecule has 2 nitrogen and oxygen atoms in total. The minimum absolute atomic E-state index is 0.303. The molecule has 0 atom stereocenters. The van der Waals surface area contributed by atoms with Crippen LogP contribution in [0.15, 0.2) is 24.3 Å². The van der Waals surface area contributed by atoms with E-state index >= 15 is 0 Å². The average molecular weight is 190 g/mol. The van der Waals surface area contributed by atoms with Crippen LogP contribution in [0.2, 0.25) is 0 Å². The highest BCUT2D eigenvalue weighted by atomic mass is 16.4. The normalized spacial score (nSPS) is 18.6. The molecule has 0 amide bonds. The van der Waals surface area contributed by atoms with Gasteiger partial charge in [0.25, 0.3) is 0 Å². The Morgan fingerprint density at radius 2 is 1.86 bits per heavy atom. The number of rotatable bonds is 2. The number of carbonyl (C=O) groups is 1. The molecule has 0 bridgehead atoms. The molecule has 0 saturated heterocycles. The molecule has 0 aromatic heterocycles. The van der Waals surface area contributed by atoms with Gasteiger partial charge in [-0.25, -0.2) is 4.79 Å². The van der Waals surface area contributed by atoms with Crippen molar-refractivity contribution in [1.82, 2.24) is 0 Å². The highest BCUT2D eigenvalue weighted by Crippen LogP contribution is 2.42. The summed E-state index contributed by atoms with van der Waals surface area (Å²) < 4.78 is 0. The van der Waals surface area contributed by atoms with Crippen LogP contribution in [0.3, 0.4) is 0 Å². The molecule has 1 N–H and O–H groups in total. The smallest absolute Gasteiger partial charge is 0.335 e. The van der Waals surface area contributed by atoms with Gasteiger partial charge >= 0.3 is 5.97 Å². The van der Waals surface area contributed by atoms with E-state index in [0.717, 1.165) is 0 Å². The van der Waals surface area contributed by atoms with Crippen molar-refractivity contribution in [1.29, 1.82) is 0 Å². The maximum atomic E-state index is 10.6. The summed E-state index contributed by atoms with van der Waals surface area (Å²) in [5, 5.41) is 8.75. The van der Waals surface area contributed by atoms with Crippen molar-refractivity contribution in [2.24, 2.45) is 0 Å². The monoisotopic (exact) mass is 190 g/mol. The lowest BCUT2D eigenvalue weighted by atomic mass is 9.66. The van der Waals surface area contributed by atoms with Crippen LogP contribution in [0.1, 0.15) is 42.1 Å². The van der Waals surface area contributed by atoms with Crippen LogP contribution in [-0.4, -0.2) is 11.1 Å². The zero-order valence-corrected chi connectivity index (χ0v) is 8.29. The molecule has 0 spiro atoms. The fourth-order valence-electron chi connectivity index (χ4n) is 2.01. The first-order valence-corrected chi connectivity index (χ1v) is 4.96. The number of benzene rings is 1. The van der Waals surface area contributed by atoms with Crippen molar-refractivity contribution < 1.29 is 9.90 Å². The van der Waals surface area contributed by atoms with Gasteiger partial charge in [0.2, 0.25) is 0 Å². The minimum Gasteiger partial charge on any atom is -0.478 e. The molecule has 14 heavy (non-hydrogen) atoms. The van der Waals surface area contributed by atoms with Gasteiger partial charge < -0.3 is 5.11 Å². The van der Waals surface area contributed by atoms with Crippen LogP contribution in [0, 0.1) is 0 Å². The van der Waals surface area contributed by atoms with Crippen LogP contribution >= 0.6 is 0 Å². The van der Waals surface area contributed by atoms with Crippen LogP contribution < -0.4 is 0 Å². The molecule has 74 valence electrons. The van der Waals surface area contributed by atoms with Crippen LogP contribution in [-0.2, 0) is 5.41 Å². The molecule has 2 rings (SSSR count). The second-order valence-corrected chi connectivity index (χ2v) is 4.30. The second kappa shape index (κ2) is 3.12. The summed E-state index contributed by atoms with van der Waals surface area (Å²) in [7, 11) is 0. The Hall–Kier alpha value is -1.31. The van der Waals surface area contributed by atoms with Gasteiger partial charge in [-0.1, -0.05) is 25.5 Å². The first-order valence-electron chi connectivity index (χ1n) is 4.96. The predicted molar refractivity (Wildman–Crippen MR) is 54.6 cm³/mol. The summed E-state index contributed by atoms with van der Waals surface area (Å²) in [4.78, 5) is 10.6. The summed E-state index contributed by atoms with van der Waals surface area (Å²) in [6, 6.07) is 7.29. The SMILES string of the molecule is CC1(c2ccc(C(=O)O)cc2)CCC1. The van der Waals surface area contributed by atoms with Gasteiger partial charge in [0.1, 0.15) is 0 Å². The van der Waals surface area contributed by atoms with E-state index in [2.05, 4.69) is 6.92 Å². The molecule has 1 aliphatic rings. The van der Waals surface area contributed by atoms with Crippen LogP contribution in [0.25, 0.3) is 0 Å². The Morgan fingerprint density at radius 1 is 1.29 bits per heavy atom. The van der Waals surface area contributed by atoms with Crippen molar-refractivity contribution in [3.05, 3.63) is 35.4 Å². The van der Waals surface area contributed by atoms with E-state index in [1.165, 1.54) is 24.8 Å². The average Bonchev–Trinajstić information content (AvgIpc) is 2.14. The van der Waals surface area contributed by atoms with E-state index in [4.69, 9.17) is 5.11 Å². The molecular weight excluding hydrogens is 176 g/mol. The third-order valence-electron chi connectivity index (χ3n) is 3.29. The fraction of sp³-hybridized carbons (Fsp3) is 0.417. The molecule has 1 aromatic carbocycles. The third-order valence-corrected chi connectivity index (χ3v) is 3.29. The van der Waals surface area contributed by atoms with Crippen molar-refractivity contribution in [3.63, 3.8) is 0 Å². The first-order chi connectivity index (χ1) is 6.62. The predicted octanol–water partition coefficient (Wildman–Crippen LogP) is 2.83. The first kappa shape index (κ1) is 9.25. The van der Waals surface area contributed by atoms with Crippen LogP contribution in [0.4, 0.5) is 0 Å². The molecule has 0 unspecified atom stereocenters. The number of hydrogen-bond acceptors (Lipinski definition) is 1. The van der Waals surface area contributed by atoms with Gasteiger partial charge in [-0.3, -0.25) is 0 Å². The van der Waals surface area contributed by atoms with Crippen molar-refractivity contribution in [3.8, 4) is 0 Å².